The van der Waals surface area contributed by atoms with Crippen molar-refractivity contribution in [3.05, 3.63) is 35.4 Å². The molecule has 5 nitrogen and oxygen atoms in total. The van der Waals surface area contributed by atoms with E-state index in [2.05, 4.69) is 0 Å². The van der Waals surface area contributed by atoms with Gasteiger partial charge in [-0.15, -0.1) is 0 Å². The normalized spacial score (nSPS) is 11.1. The number of hydrogen-bond acceptors (Lipinski definition) is 4. The first-order valence-electron chi connectivity index (χ1n) is 5.42. The van der Waals surface area contributed by atoms with Crippen molar-refractivity contribution in [3.63, 3.8) is 0 Å². The molecule has 0 amide bonds. The Labute approximate surface area is 104 Å². The van der Waals surface area contributed by atoms with E-state index in [1.807, 2.05) is 0 Å². The smallest absolute Gasteiger partial charge is 0.334 e. The number of carbonyl (C=O) groups excluding carboxylic acids is 1. The lowest BCUT2D eigenvalue weighted by Gasteiger charge is -2.05. The molecule has 0 aliphatic carbocycles. The van der Waals surface area contributed by atoms with Gasteiger partial charge in [0.25, 0.3) is 0 Å². The Bertz CT molecular complexity index is 476. The second kappa shape index (κ2) is 6.44. The van der Waals surface area contributed by atoms with Crippen LogP contribution in [0.15, 0.2) is 29.8 Å². The molecule has 0 saturated carbocycles. The molecule has 0 bridgehead atoms. The maximum absolute atomic E-state index is 11.6. The Kier molecular flexibility index (Phi) is 4.92. The summed E-state index contributed by atoms with van der Waals surface area (Å²) in [6.45, 7) is 1.80. The molecule has 0 saturated heterocycles. The van der Waals surface area contributed by atoms with Crippen LogP contribution in [0.4, 0.5) is 0 Å². The summed E-state index contributed by atoms with van der Waals surface area (Å²) in [5, 5.41) is 18.3. The predicted molar refractivity (Wildman–Crippen MR) is 65.0 cm³/mol. The summed E-state index contributed by atoms with van der Waals surface area (Å²) in [6, 6.07) is 6.34. The zero-order valence-corrected chi connectivity index (χ0v) is 9.92. The van der Waals surface area contributed by atoms with Crippen molar-refractivity contribution in [2.24, 2.45) is 0 Å². The van der Waals surface area contributed by atoms with Gasteiger partial charge < -0.3 is 14.9 Å². The number of esters is 1. The molecule has 0 atom stereocenters. The first kappa shape index (κ1) is 13.8. The van der Waals surface area contributed by atoms with E-state index >= 15 is 0 Å². The van der Waals surface area contributed by atoms with E-state index in [0.29, 0.717) is 5.56 Å². The lowest BCUT2D eigenvalue weighted by Crippen LogP contribution is -2.11. The van der Waals surface area contributed by atoms with Crippen LogP contribution in [0.3, 0.4) is 0 Å². The fourth-order valence-electron chi connectivity index (χ4n) is 1.37. The molecule has 18 heavy (non-hydrogen) atoms. The Morgan fingerprint density at radius 3 is 2.56 bits per heavy atom. The number of rotatable bonds is 5. The summed E-state index contributed by atoms with van der Waals surface area (Å²) in [6.07, 6.45) is 0.870. The summed E-state index contributed by atoms with van der Waals surface area (Å²) in [5.41, 5.74) is 0.368. The first-order valence-corrected chi connectivity index (χ1v) is 5.42. The molecule has 0 aliphatic heterocycles. The number of phenolic OH excluding ortho intramolecular Hbond substituents is 1. The number of ether oxygens (including phenoxy) is 1. The number of carboxylic acids is 1. The first-order chi connectivity index (χ1) is 8.54. The minimum atomic E-state index is -1.13. The highest BCUT2D eigenvalue weighted by atomic mass is 16.5. The van der Waals surface area contributed by atoms with Gasteiger partial charge in [0.2, 0.25) is 0 Å². The molecule has 0 fully saturated rings. The molecule has 1 aromatic carbocycles. The fourth-order valence-corrected chi connectivity index (χ4v) is 1.37. The number of para-hydroxylation sites is 1. The van der Waals surface area contributed by atoms with E-state index < -0.39 is 18.4 Å². The van der Waals surface area contributed by atoms with Gasteiger partial charge in [-0.25, -0.2) is 4.79 Å². The van der Waals surface area contributed by atoms with Gasteiger partial charge >= 0.3 is 11.9 Å². The molecule has 0 aromatic heterocycles. The van der Waals surface area contributed by atoms with Gasteiger partial charge in [-0.1, -0.05) is 18.2 Å². The van der Waals surface area contributed by atoms with E-state index in [1.165, 1.54) is 12.1 Å². The van der Waals surface area contributed by atoms with Crippen LogP contribution in [0.5, 0.6) is 5.75 Å². The number of benzene rings is 1. The lowest BCUT2D eigenvalue weighted by atomic mass is 10.1. The third kappa shape index (κ3) is 3.93. The number of aliphatic carboxylic acids is 1. The van der Waals surface area contributed by atoms with Crippen LogP contribution in [-0.2, 0) is 14.3 Å². The molecule has 1 aromatic rings. The average Bonchev–Trinajstić information content (AvgIpc) is 2.31. The van der Waals surface area contributed by atoms with Crippen molar-refractivity contribution in [2.75, 3.05) is 6.61 Å². The molecule has 0 spiro atoms. The van der Waals surface area contributed by atoms with E-state index in [-0.39, 0.29) is 17.9 Å². The van der Waals surface area contributed by atoms with Crippen LogP contribution < -0.4 is 0 Å². The van der Waals surface area contributed by atoms with Gasteiger partial charge in [-0.3, -0.25) is 4.79 Å². The van der Waals surface area contributed by atoms with Crippen molar-refractivity contribution in [1.82, 2.24) is 0 Å². The Morgan fingerprint density at radius 1 is 1.33 bits per heavy atom. The highest BCUT2D eigenvalue weighted by Crippen LogP contribution is 2.20. The number of aromatic hydroxyl groups is 1. The second-order valence-electron chi connectivity index (χ2n) is 3.52. The highest BCUT2D eigenvalue weighted by Gasteiger charge is 2.15. The molecule has 0 aliphatic rings. The third-order valence-electron chi connectivity index (χ3n) is 2.15. The van der Waals surface area contributed by atoms with Gasteiger partial charge in [0.15, 0.2) is 0 Å². The van der Waals surface area contributed by atoms with Crippen LogP contribution in [0.2, 0.25) is 0 Å². The Morgan fingerprint density at radius 2 is 2.00 bits per heavy atom. The molecular formula is C13H14O5. The van der Waals surface area contributed by atoms with E-state index in [0.717, 1.165) is 0 Å². The van der Waals surface area contributed by atoms with Crippen LogP contribution in [0.1, 0.15) is 18.9 Å². The third-order valence-corrected chi connectivity index (χ3v) is 2.15. The average molecular weight is 250 g/mol. The predicted octanol–water partition coefficient (Wildman–Crippen LogP) is 1.81. The highest BCUT2D eigenvalue weighted by molar-refractivity contribution is 5.98. The molecule has 0 unspecified atom stereocenters. The number of carboxylic acid groups (broad SMARTS) is 1. The van der Waals surface area contributed by atoms with Gasteiger partial charge in [0.05, 0.1) is 13.0 Å². The number of phenols is 1. The summed E-state index contributed by atoms with van der Waals surface area (Å²) in [7, 11) is 0. The van der Waals surface area contributed by atoms with Crippen molar-refractivity contribution in [2.45, 2.75) is 13.3 Å². The van der Waals surface area contributed by atoms with Crippen molar-refractivity contribution < 1.29 is 24.5 Å². The zero-order chi connectivity index (χ0) is 13.5. The molecule has 5 heteroatoms. The largest absolute Gasteiger partial charge is 0.507 e. The zero-order valence-electron chi connectivity index (χ0n) is 9.92. The Hall–Kier alpha value is -2.30. The van der Waals surface area contributed by atoms with Gasteiger partial charge in [-0.05, 0) is 19.1 Å². The summed E-state index contributed by atoms with van der Waals surface area (Å²) >= 11 is 0. The summed E-state index contributed by atoms with van der Waals surface area (Å²) in [5.74, 6) is -1.85. The van der Waals surface area contributed by atoms with E-state index in [4.69, 9.17) is 9.84 Å². The second-order valence-corrected chi connectivity index (χ2v) is 3.52. The van der Waals surface area contributed by atoms with Gasteiger partial charge in [0, 0.05) is 11.1 Å². The van der Waals surface area contributed by atoms with Gasteiger partial charge in [-0.2, -0.15) is 0 Å². The standard InChI is InChI=1S/C13H14O5/c1-2-18-13(17)10(8-12(15)16)7-9-5-3-4-6-11(9)14/h3-7,14H,2,8H2,1H3,(H,15,16). The molecule has 0 heterocycles. The fraction of sp³-hybridized carbons (Fsp3) is 0.231. The van der Waals surface area contributed by atoms with Gasteiger partial charge in [0.1, 0.15) is 5.75 Å². The molecule has 1 rings (SSSR count). The van der Waals surface area contributed by atoms with Crippen molar-refractivity contribution in [3.8, 4) is 5.75 Å². The number of hydrogen-bond donors (Lipinski definition) is 2. The maximum Gasteiger partial charge on any atom is 0.334 e. The van der Waals surface area contributed by atoms with E-state index in [1.54, 1.807) is 25.1 Å². The maximum atomic E-state index is 11.6. The SMILES string of the molecule is CCOC(=O)C(=Cc1ccccc1O)CC(=O)O. The summed E-state index contributed by atoms with van der Waals surface area (Å²) < 4.78 is 4.76. The topological polar surface area (TPSA) is 83.8 Å². The molecular weight excluding hydrogens is 236 g/mol. The number of carbonyl (C=O) groups is 2. The van der Waals surface area contributed by atoms with Crippen LogP contribution in [-0.4, -0.2) is 28.8 Å². The van der Waals surface area contributed by atoms with Crippen LogP contribution in [0, 0.1) is 0 Å². The monoisotopic (exact) mass is 250 g/mol. The van der Waals surface area contributed by atoms with Crippen molar-refractivity contribution >= 4 is 18.0 Å². The lowest BCUT2D eigenvalue weighted by molar-refractivity contribution is -0.142. The minimum Gasteiger partial charge on any atom is -0.507 e. The molecule has 96 valence electrons. The summed E-state index contributed by atoms with van der Waals surface area (Å²) in [4.78, 5) is 22.2. The minimum absolute atomic E-state index is 0.00847. The van der Waals surface area contributed by atoms with E-state index in [9.17, 15) is 14.7 Å². The van der Waals surface area contributed by atoms with Crippen molar-refractivity contribution in [1.29, 1.82) is 0 Å². The molecule has 0 radical (unpaired) electrons. The Balaban J connectivity index is 3.06. The quantitative estimate of drug-likeness (QED) is 0.615. The van der Waals surface area contributed by atoms with Crippen LogP contribution in [0.25, 0.3) is 6.08 Å². The van der Waals surface area contributed by atoms with Crippen LogP contribution >= 0.6 is 0 Å². The molecule has 2 N–H and O–H groups in total.